The number of aryl methyl sites for hydroxylation is 1. The van der Waals surface area contributed by atoms with Crippen LogP contribution in [0.3, 0.4) is 0 Å². The van der Waals surface area contributed by atoms with Crippen molar-refractivity contribution in [2.45, 2.75) is 77.1 Å². The molecule has 1 fully saturated rings. The number of benzene rings is 2. The molecule has 1 aliphatic heterocycles. The van der Waals surface area contributed by atoms with Crippen LogP contribution in [0, 0.1) is 19.4 Å². The van der Waals surface area contributed by atoms with Crippen molar-refractivity contribution < 1.29 is 35.9 Å². The highest BCUT2D eigenvalue weighted by atomic mass is 19.4. The average Bonchev–Trinajstić information content (AvgIpc) is 3.65. The van der Waals surface area contributed by atoms with Gasteiger partial charge in [-0.05, 0) is 75.8 Å². The summed E-state index contributed by atoms with van der Waals surface area (Å²) in [6.45, 7) is 12.6. The first kappa shape index (κ1) is 27.6. The summed E-state index contributed by atoms with van der Waals surface area (Å²) in [6, 6.07) is 5.76. The average molecular weight is 540 g/mol. The van der Waals surface area contributed by atoms with E-state index in [2.05, 4.69) is 4.95 Å². The van der Waals surface area contributed by atoms with Crippen molar-refractivity contribution in [1.82, 2.24) is 5.01 Å². The minimum Gasteiger partial charge on any atom is -0.446 e. The van der Waals surface area contributed by atoms with Crippen LogP contribution in [0.1, 0.15) is 67.0 Å². The van der Waals surface area contributed by atoms with Crippen LogP contribution in [-0.2, 0) is 23.6 Å². The number of alkyl halides is 6. The summed E-state index contributed by atoms with van der Waals surface area (Å²) in [5.74, 6) is 0.157. The summed E-state index contributed by atoms with van der Waals surface area (Å²) in [5, 5.41) is 1.19. The minimum absolute atomic E-state index is 0.0757. The predicted octanol–water partition coefficient (Wildman–Crippen LogP) is 7.94. The number of rotatable bonds is 5. The van der Waals surface area contributed by atoms with E-state index in [0.717, 1.165) is 18.4 Å². The van der Waals surface area contributed by atoms with Crippen molar-refractivity contribution in [2.75, 3.05) is 4.90 Å². The Kier molecular flexibility index (Phi) is 7.30. The molecule has 0 aromatic heterocycles. The van der Waals surface area contributed by atoms with Crippen LogP contribution in [-0.4, -0.2) is 23.2 Å². The van der Waals surface area contributed by atoms with E-state index < -0.39 is 42.2 Å². The molecule has 0 saturated heterocycles. The number of carbonyl (C=O) groups excluding carboxylic acids is 1. The second-order valence-corrected chi connectivity index (χ2v) is 10.1. The van der Waals surface area contributed by atoms with E-state index in [1.807, 2.05) is 13.0 Å². The van der Waals surface area contributed by atoms with Gasteiger partial charge in [0.1, 0.15) is 12.6 Å². The largest absolute Gasteiger partial charge is 0.446 e. The third kappa shape index (κ3) is 5.84. The summed E-state index contributed by atoms with van der Waals surface area (Å²) in [6.07, 6.45) is -8.83. The SMILES string of the molecule is [C-]#[N+]N(Cc1cc(C(F)(F)F)cc(C(F)(F)F)c1)[C@H]1C[C@@H](C2CC2)N(C(=O)OC(C)C)c2ccc(C)cc21. The number of hydrogen-bond donors (Lipinski definition) is 0. The number of ether oxygens (including phenoxy) is 1. The molecule has 1 amide bonds. The fourth-order valence-corrected chi connectivity index (χ4v) is 4.97. The number of carbonyl (C=O) groups is 1. The number of nitrogens with zero attached hydrogens (tertiary/aromatic N) is 3. The van der Waals surface area contributed by atoms with Crippen LogP contribution >= 0.6 is 0 Å². The van der Waals surface area contributed by atoms with Crippen LogP contribution in [0.2, 0.25) is 0 Å². The van der Waals surface area contributed by atoms with Gasteiger partial charge in [0, 0.05) is 11.6 Å². The molecular formula is C27H27F6N3O2. The van der Waals surface area contributed by atoms with Gasteiger partial charge in [-0.15, -0.1) is 0 Å². The van der Waals surface area contributed by atoms with E-state index in [9.17, 15) is 31.1 Å². The Morgan fingerprint density at radius 1 is 1.08 bits per heavy atom. The molecule has 204 valence electrons. The lowest BCUT2D eigenvalue weighted by Crippen LogP contribution is -2.48. The van der Waals surface area contributed by atoms with Gasteiger partial charge < -0.3 is 4.74 Å². The van der Waals surface area contributed by atoms with E-state index in [1.165, 1.54) is 5.01 Å². The quantitative estimate of drug-likeness (QED) is 0.220. The van der Waals surface area contributed by atoms with Crippen LogP contribution in [0.4, 0.5) is 36.8 Å². The summed E-state index contributed by atoms with van der Waals surface area (Å²) in [4.78, 5) is 18.2. The number of anilines is 1. The lowest BCUT2D eigenvalue weighted by atomic mass is 9.87. The lowest BCUT2D eigenvalue weighted by molar-refractivity contribution is -0.143. The topological polar surface area (TPSA) is 37.1 Å². The maximum atomic E-state index is 13.4. The van der Waals surface area contributed by atoms with Crippen molar-refractivity contribution in [2.24, 2.45) is 5.92 Å². The van der Waals surface area contributed by atoms with Crippen LogP contribution in [0.25, 0.3) is 4.95 Å². The highest BCUT2D eigenvalue weighted by Gasteiger charge is 2.47. The molecule has 1 aliphatic carbocycles. The van der Waals surface area contributed by atoms with Crippen LogP contribution in [0.5, 0.6) is 0 Å². The minimum atomic E-state index is -4.98. The molecule has 2 aromatic carbocycles. The Labute approximate surface area is 216 Å². The Balaban J connectivity index is 1.76. The zero-order chi connectivity index (χ0) is 28.0. The van der Waals surface area contributed by atoms with Gasteiger partial charge in [0.2, 0.25) is 0 Å². The van der Waals surface area contributed by atoms with Crippen molar-refractivity contribution in [3.05, 3.63) is 75.7 Å². The molecule has 1 heterocycles. The van der Waals surface area contributed by atoms with Gasteiger partial charge in [0.25, 0.3) is 0 Å². The molecule has 11 heteroatoms. The third-order valence-electron chi connectivity index (χ3n) is 6.78. The highest BCUT2D eigenvalue weighted by molar-refractivity contribution is 5.90. The molecule has 38 heavy (non-hydrogen) atoms. The van der Waals surface area contributed by atoms with Gasteiger partial charge >= 0.3 is 18.4 Å². The second-order valence-electron chi connectivity index (χ2n) is 10.1. The highest BCUT2D eigenvalue weighted by Crippen LogP contribution is 2.49. The van der Waals surface area contributed by atoms with E-state index in [-0.39, 0.29) is 29.7 Å². The van der Waals surface area contributed by atoms with E-state index in [1.54, 1.807) is 30.9 Å². The van der Waals surface area contributed by atoms with Crippen LogP contribution < -0.4 is 4.90 Å². The van der Waals surface area contributed by atoms with Gasteiger partial charge in [-0.25, -0.2) is 4.79 Å². The number of amides is 1. The molecule has 2 atom stereocenters. The van der Waals surface area contributed by atoms with E-state index >= 15 is 0 Å². The predicted molar refractivity (Wildman–Crippen MR) is 128 cm³/mol. The first-order valence-corrected chi connectivity index (χ1v) is 12.2. The Hall–Kier alpha value is -3.42. The fraction of sp³-hybridized carbons (Fsp3) is 0.481. The molecular weight excluding hydrogens is 512 g/mol. The van der Waals surface area contributed by atoms with Gasteiger partial charge in [-0.1, -0.05) is 22.7 Å². The maximum absolute atomic E-state index is 13.4. The summed E-state index contributed by atoms with van der Waals surface area (Å²) in [7, 11) is 0. The number of hydrogen-bond acceptors (Lipinski definition) is 3. The van der Waals surface area contributed by atoms with Crippen molar-refractivity contribution in [3.8, 4) is 0 Å². The van der Waals surface area contributed by atoms with Crippen LogP contribution in [0.15, 0.2) is 36.4 Å². The smallest absolute Gasteiger partial charge is 0.416 e. The number of fused-ring (bicyclic) bond motifs is 1. The molecule has 0 bridgehead atoms. The van der Waals surface area contributed by atoms with Gasteiger partial charge in [-0.3, -0.25) is 4.90 Å². The molecule has 5 nitrogen and oxygen atoms in total. The van der Waals surface area contributed by atoms with Crippen molar-refractivity contribution in [3.63, 3.8) is 0 Å². The molecule has 2 aliphatic rings. The fourth-order valence-electron chi connectivity index (χ4n) is 4.97. The lowest BCUT2D eigenvalue weighted by Gasteiger charge is -2.41. The van der Waals surface area contributed by atoms with Crippen molar-refractivity contribution >= 4 is 11.8 Å². The molecule has 0 spiro atoms. The first-order chi connectivity index (χ1) is 17.7. The van der Waals surface area contributed by atoms with E-state index in [4.69, 9.17) is 11.3 Å². The van der Waals surface area contributed by atoms with Gasteiger partial charge in [-0.2, -0.15) is 37.9 Å². The second kappa shape index (κ2) is 10.0. The zero-order valence-corrected chi connectivity index (χ0v) is 21.0. The maximum Gasteiger partial charge on any atom is 0.416 e. The first-order valence-electron chi connectivity index (χ1n) is 12.2. The summed E-state index contributed by atoms with van der Waals surface area (Å²) in [5.41, 5.74) is -1.16. The molecule has 4 rings (SSSR count). The summed E-state index contributed by atoms with van der Waals surface area (Å²) >= 11 is 0. The summed E-state index contributed by atoms with van der Waals surface area (Å²) < 4.78 is 86.0. The molecule has 0 N–H and O–H groups in total. The Morgan fingerprint density at radius 2 is 1.68 bits per heavy atom. The van der Waals surface area contributed by atoms with Gasteiger partial charge in [0.15, 0.2) is 0 Å². The zero-order valence-electron chi connectivity index (χ0n) is 21.0. The molecule has 0 unspecified atom stereocenters. The van der Waals surface area contributed by atoms with E-state index in [0.29, 0.717) is 29.8 Å². The number of halogens is 6. The molecule has 2 aromatic rings. The molecule has 0 radical (unpaired) electrons. The third-order valence-corrected chi connectivity index (χ3v) is 6.78. The normalized spacial score (nSPS) is 19.7. The van der Waals surface area contributed by atoms with Crippen molar-refractivity contribution in [1.29, 1.82) is 0 Å². The monoisotopic (exact) mass is 539 g/mol. The Bertz CT molecular complexity index is 1210. The molecule has 1 saturated carbocycles. The standard InChI is InChI=1S/C27H27F6N3O2/c1-15(2)38-25(37)36-22-8-5-16(3)9-21(22)24(13-23(36)18-6-7-18)35(34-4)14-17-10-19(26(28,29)30)12-20(11-17)27(31,32)33/h5,8-12,15,18,23-24H,6-7,13-14H2,1-3H3/t23-,24-/m0/s1. The Morgan fingerprint density at radius 3 is 2.18 bits per heavy atom. The van der Waals surface area contributed by atoms with Gasteiger partial charge in [0.05, 0.1) is 22.9 Å².